The monoisotopic (exact) mass is 285 g/mol. The van der Waals surface area contributed by atoms with E-state index in [-0.39, 0.29) is 12.5 Å². The van der Waals surface area contributed by atoms with Crippen molar-refractivity contribution < 1.29 is 19.1 Å². The average molecular weight is 286 g/mol. The zero-order valence-electron chi connectivity index (χ0n) is 11.0. The van der Waals surface area contributed by atoms with Crippen LogP contribution in [0.2, 0.25) is 5.02 Å². The van der Waals surface area contributed by atoms with Crippen LogP contribution in [-0.4, -0.2) is 31.6 Å². The van der Waals surface area contributed by atoms with Gasteiger partial charge in [0.2, 0.25) is 5.91 Å². The van der Waals surface area contributed by atoms with Gasteiger partial charge in [-0.1, -0.05) is 17.7 Å². The minimum absolute atomic E-state index is 0.0466. The van der Waals surface area contributed by atoms with E-state index in [4.69, 9.17) is 16.3 Å². The number of halogens is 1. The molecule has 0 aliphatic carbocycles. The van der Waals surface area contributed by atoms with Gasteiger partial charge in [0.1, 0.15) is 12.4 Å². The van der Waals surface area contributed by atoms with Gasteiger partial charge in [-0.25, -0.2) is 4.79 Å². The number of hydrogen-bond acceptors (Lipinski definition) is 4. The first-order valence-electron chi connectivity index (χ1n) is 5.68. The molecule has 0 fully saturated rings. The maximum Gasteiger partial charge on any atom is 0.331 e. The van der Waals surface area contributed by atoms with Crippen LogP contribution in [0.3, 0.4) is 0 Å². The van der Waals surface area contributed by atoms with E-state index in [1.807, 2.05) is 13.0 Å². The summed E-state index contributed by atoms with van der Waals surface area (Å²) in [7, 11) is 1.25. The van der Waals surface area contributed by atoms with Crippen LogP contribution < -0.4 is 10.1 Å². The smallest absolute Gasteiger partial charge is 0.331 e. The summed E-state index contributed by atoms with van der Waals surface area (Å²) in [6.07, 6.45) is 0. The summed E-state index contributed by atoms with van der Waals surface area (Å²) in [5.74, 6) is -0.459. The molecule has 5 nitrogen and oxygen atoms in total. The lowest BCUT2D eigenvalue weighted by atomic mass is 10.2. The van der Waals surface area contributed by atoms with Gasteiger partial charge in [0, 0.05) is 6.92 Å². The first-order chi connectivity index (χ1) is 8.93. The standard InChI is InChI=1S/C13H16ClNO4/c1-8-4-5-12(10(14)6-8)19-7-11(13(17)18-3)15-9(2)16/h4-6,11H,7H2,1-3H3,(H,15,16). The third-order valence-corrected chi connectivity index (χ3v) is 2.65. The SMILES string of the molecule is COC(=O)C(COc1ccc(C)cc1Cl)NC(C)=O. The number of rotatable bonds is 5. The molecule has 0 aliphatic heterocycles. The van der Waals surface area contributed by atoms with Crippen molar-refractivity contribution in [2.75, 3.05) is 13.7 Å². The van der Waals surface area contributed by atoms with Gasteiger partial charge in [-0.2, -0.15) is 0 Å². The van der Waals surface area contributed by atoms with E-state index in [1.165, 1.54) is 14.0 Å². The summed E-state index contributed by atoms with van der Waals surface area (Å²) < 4.78 is 10.0. The maximum absolute atomic E-state index is 11.5. The molecular weight excluding hydrogens is 270 g/mol. The van der Waals surface area contributed by atoms with Gasteiger partial charge in [-0.15, -0.1) is 0 Å². The van der Waals surface area contributed by atoms with Crippen LogP contribution in [-0.2, 0) is 14.3 Å². The molecule has 1 rings (SSSR count). The van der Waals surface area contributed by atoms with Crippen LogP contribution in [0.1, 0.15) is 12.5 Å². The number of hydrogen-bond donors (Lipinski definition) is 1. The number of nitrogens with one attached hydrogen (secondary N) is 1. The Kier molecular flexibility index (Phi) is 5.63. The molecule has 0 radical (unpaired) electrons. The van der Waals surface area contributed by atoms with Gasteiger partial charge >= 0.3 is 5.97 Å². The van der Waals surface area contributed by atoms with Crippen LogP contribution in [0.5, 0.6) is 5.75 Å². The van der Waals surface area contributed by atoms with Gasteiger partial charge in [0.25, 0.3) is 0 Å². The van der Waals surface area contributed by atoms with Crippen LogP contribution in [0, 0.1) is 6.92 Å². The first-order valence-corrected chi connectivity index (χ1v) is 6.05. The number of methoxy groups -OCH3 is 1. The van der Waals surface area contributed by atoms with Gasteiger partial charge in [-0.05, 0) is 24.6 Å². The summed E-state index contributed by atoms with van der Waals surface area (Å²) in [6, 6.07) is 4.44. The minimum atomic E-state index is -0.861. The maximum atomic E-state index is 11.5. The Bertz CT molecular complexity index is 476. The fourth-order valence-electron chi connectivity index (χ4n) is 1.45. The predicted molar refractivity (Wildman–Crippen MR) is 71.3 cm³/mol. The van der Waals surface area contributed by atoms with E-state index in [1.54, 1.807) is 12.1 Å². The number of esters is 1. The third-order valence-electron chi connectivity index (χ3n) is 2.36. The molecule has 0 saturated carbocycles. The first kappa shape index (κ1) is 15.3. The van der Waals surface area contributed by atoms with E-state index in [9.17, 15) is 9.59 Å². The van der Waals surface area contributed by atoms with Crippen LogP contribution in [0.15, 0.2) is 18.2 Å². The highest BCUT2D eigenvalue weighted by atomic mass is 35.5. The van der Waals surface area contributed by atoms with Gasteiger partial charge in [-0.3, -0.25) is 4.79 Å². The molecule has 104 valence electrons. The second-order valence-corrected chi connectivity index (χ2v) is 4.43. The normalized spacial score (nSPS) is 11.6. The largest absolute Gasteiger partial charge is 0.489 e. The molecule has 0 saturated heterocycles. The Morgan fingerprint density at radius 2 is 2.11 bits per heavy atom. The number of ether oxygens (including phenoxy) is 2. The highest BCUT2D eigenvalue weighted by Crippen LogP contribution is 2.25. The summed E-state index contributed by atoms with van der Waals surface area (Å²) in [6.45, 7) is 3.17. The van der Waals surface area contributed by atoms with E-state index in [0.717, 1.165) is 5.56 Å². The Morgan fingerprint density at radius 1 is 1.42 bits per heavy atom. The second-order valence-electron chi connectivity index (χ2n) is 4.02. The van der Waals surface area contributed by atoms with Crippen molar-refractivity contribution in [3.63, 3.8) is 0 Å². The second kappa shape index (κ2) is 6.99. The summed E-state index contributed by atoms with van der Waals surface area (Å²) in [5.41, 5.74) is 1.00. The topological polar surface area (TPSA) is 64.6 Å². The van der Waals surface area contributed by atoms with Crippen molar-refractivity contribution in [2.24, 2.45) is 0 Å². The van der Waals surface area contributed by atoms with E-state index >= 15 is 0 Å². The third kappa shape index (κ3) is 4.79. The molecule has 1 aromatic rings. The highest BCUT2D eigenvalue weighted by molar-refractivity contribution is 6.32. The molecule has 1 amide bonds. The lowest BCUT2D eigenvalue weighted by Crippen LogP contribution is -2.44. The zero-order valence-corrected chi connectivity index (χ0v) is 11.8. The lowest BCUT2D eigenvalue weighted by molar-refractivity contribution is -0.145. The molecular formula is C13H16ClNO4. The molecule has 19 heavy (non-hydrogen) atoms. The molecule has 0 aromatic heterocycles. The van der Waals surface area contributed by atoms with Crippen molar-refractivity contribution in [1.29, 1.82) is 0 Å². The number of aryl methyl sites for hydroxylation is 1. The Hall–Kier alpha value is -1.75. The number of benzene rings is 1. The van der Waals surface area contributed by atoms with Crippen LogP contribution in [0.4, 0.5) is 0 Å². The van der Waals surface area contributed by atoms with Crippen molar-refractivity contribution in [1.82, 2.24) is 5.32 Å². The number of carbonyl (C=O) groups excluding carboxylic acids is 2. The summed E-state index contributed by atoms with van der Waals surface area (Å²) in [5, 5.41) is 2.90. The van der Waals surface area contributed by atoms with Crippen molar-refractivity contribution in [3.05, 3.63) is 28.8 Å². The van der Waals surface area contributed by atoms with E-state index in [0.29, 0.717) is 10.8 Å². The number of carbonyl (C=O) groups is 2. The molecule has 1 atom stereocenters. The fourth-order valence-corrected chi connectivity index (χ4v) is 1.74. The molecule has 0 spiro atoms. The summed E-state index contributed by atoms with van der Waals surface area (Å²) >= 11 is 6.00. The van der Waals surface area contributed by atoms with Crippen LogP contribution in [0.25, 0.3) is 0 Å². The van der Waals surface area contributed by atoms with Crippen LogP contribution >= 0.6 is 11.6 Å². The molecule has 6 heteroatoms. The molecule has 0 aliphatic rings. The predicted octanol–water partition coefficient (Wildman–Crippen LogP) is 1.70. The molecule has 1 unspecified atom stereocenters. The Labute approximate surface area is 116 Å². The van der Waals surface area contributed by atoms with Gasteiger partial charge < -0.3 is 14.8 Å². The Balaban J connectivity index is 2.70. The Morgan fingerprint density at radius 3 is 2.63 bits per heavy atom. The average Bonchev–Trinajstić information content (AvgIpc) is 2.34. The van der Waals surface area contributed by atoms with E-state index < -0.39 is 12.0 Å². The summed E-state index contributed by atoms with van der Waals surface area (Å²) in [4.78, 5) is 22.5. The fraction of sp³-hybridized carbons (Fsp3) is 0.385. The molecule has 0 heterocycles. The quantitative estimate of drug-likeness (QED) is 0.837. The highest BCUT2D eigenvalue weighted by Gasteiger charge is 2.21. The molecule has 0 bridgehead atoms. The van der Waals surface area contributed by atoms with Gasteiger partial charge in [0.05, 0.1) is 12.1 Å². The van der Waals surface area contributed by atoms with Crippen molar-refractivity contribution in [3.8, 4) is 5.75 Å². The van der Waals surface area contributed by atoms with Crippen molar-refractivity contribution >= 4 is 23.5 Å². The minimum Gasteiger partial charge on any atom is -0.489 e. The van der Waals surface area contributed by atoms with Gasteiger partial charge in [0.15, 0.2) is 6.04 Å². The lowest BCUT2D eigenvalue weighted by Gasteiger charge is -2.16. The molecule has 1 aromatic carbocycles. The van der Waals surface area contributed by atoms with E-state index in [2.05, 4.69) is 10.1 Å². The van der Waals surface area contributed by atoms with Crippen molar-refractivity contribution in [2.45, 2.75) is 19.9 Å². The number of amides is 1. The zero-order chi connectivity index (χ0) is 14.4. The molecule has 1 N–H and O–H groups in total.